The molecule has 0 spiro atoms. The van der Waals surface area contributed by atoms with Gasteiger partial charge in [-0.2, -0.15) is 0 Å². The van der Waals surface area contributed by atoms with Gasteiger partial charge < -0.3 is 10.2 Å². The van der Waals surface area contributed by atoms with E-state index in [2.05, 4.69) is 22.6 Å². The highest BCUT2D eigenvalue weighted by atomic mass is 32.2. The number of anilines is 1. The maximum absolute atomic E-state index is 13.1. The van der Waals surface area contributed by atoms with Gasteiger partial charge in [0.15, 0.2) is 11.0 Å². The number of fused-ring (bicyclic) bond motifs is 1. The number of rotatable bonds is 4. The van der Waals surface area contributed by atoms with Crippen LogP contribution >= 0.6 is 11.8 Å². The largest absolute Gasteiger partial charge is 0.379 e. The lowest BCUT2D eigenvalue weighted by Crippen LogP contribution is -2.42. The van der Waals surface area contributed by atoms with E-state index in [-0.39, 0.29) is 5.56 Å². The maximum atomic E-state index is 13.1. The lowest BCUT2D eigenvalue weighted by atomic mass is 10.1. The second-order valence-electron chi connectivity index (χ2n) is 6.25. The molecule has 2 aliphatic rings. The van der Waals surface area contributed by atoms with Gasteiger partial charge >= 0.3 is 0 Å². The molecule has 0 unspecified atom stereocenters. The van der Waals surface area contributed by atoms with Gasteiger partial charge in [-0.15, -0.1) is 0 Å². The van der Waals surface area contributed by atoms with Crippen molar-refractivity contribution in [2.24, 2.45) is 0 Å². The van der Waals surface area contributed by atoms with E-state index < -0.39 is 0 Å². The fourth-order valence-corrected chi connectivity index (χ4v) is 4.09. The van der Waals surface area contributed by atoms with Gasteiger partial charge in [-0.25, -0.2) is 9.99 Å². The average molecular weight is 358 g/mol. The molecule has 1 N–H and O–H groups in total. The zero-order valence-electron chi connectivity index (χ0n) is 14.1. The molecule has 1 aromatic heterocycles. The third-order valence-electron chi connectivity index (χ3n) is 4.48. The smallest absolute Gasteiger partial charge is 0.259 e. The van der Waals surface area contributed by atoms with Crippen molar-refractivity contribution in [1.29, 1.82) is 0 Å². The topological polar surface area (TPSA) is 59.4 Å². The molecule has 0 atom stereocenters. The van der Waals surface area contributed by atoms with Crippen LogP contribution in [0.4, 0.5) is 5.82 Å². The van der Waals surface area contributed by atoms with E-state index >= 15 is 0 Å². The summed E-state index contributed by atoms with van der Waals surface area (Å²) in [4.78, 5) is 17.9. The number of nitrogens with zero attached hydrogens (tertiary/aromatic N) is 3. The predicted octanol–water partition coefficient (Wildman–Crippen LogP) is 1.99. The first-order chi connectivity index (χ1) is 12.3. The van der Waals surface area contributed by atoms with Gasteiger partial charge in [-0.1, -0.05) is 42.1 Å². The number of thioether (sulfide) groups is 1. The molecule has 1 saturated heterocycles. The quantitative estimate of drug-likeness (QED) is 0.844. The average Bonchev–Trinajstić information content (AvgIpc) is 2.67. The van der Waals surface area contributed by atoms with Crippen molar-refractivity contribution in [2.75, 3.05) is 37.5 Å². The summed E-state index contributed by atoms with van der Waals surface area (Å²) >= 11 is 1.66. The van der Waals surface area contributed by atoms with E-state index in [9.17, 15) is 4.79 Å². The summed E-state index contributed by atoms with van der Waals surface area (Å²) < 4.78 is 7.24. The zero-order valence-corrected chi connectivity index (χ0v) is 14.9. The summed E-state index contributed by atoms with van der Waals surface area (Å²) in [7, 11) is 0. The van der Waals surface area contributed by atoms with Crippen LogP contribution in [-0.2, 0) is 17.7 Å². The minimum absolute atomic E-state index is 0.0804. The summed E-state index contributed by atoms with van der Waals surface area (Å²) in [5.41, 5.74) is 5.32. The molecular formula is C18H22N4O2S. The molecule has 0 aliphatic carbocycles. The van der Waals surface area contributed by atoms with Gasteiger partial charge in [0.05, 0.1) is 18.8 Å². The molecule has 0 saturated carbocycles. The van der Waals surface area contributed by atoms with Crippen molar-refractivity contribution in [2.45, 2.75) is 24.5 Å². The zero-order chi connectivity index (χ0) is 17.1. The van der Waals surface area contributed by atoms with Gasteiger partial charge in [0.25, 0.3) is 5.56 Å². The summed E-state index contributed by atoms with van der Waals surface area (Å²) in [5.74, 6) is 1.71. The maximum Gasteiger partial charge on any atom is 0.259 e. The van der Waals surface area contributed by atoms with Crippen LogP contribution in [0, 0.1) is 0 Å². The SMILES string of the molecule is O=c1c(Cc2ccccc2)c(NN2CCOCC2)nc2n1CCCS2. The molecule has 0 bridgehead atoms. The van der Waals surface area contributed by atoms with Crippen LogP contribution in [0.5, 0.6) is 0 Å². The molecule has 0 radical (unpaired) electrons. The van der Waals surface area contributed by atoms with Gasteiger partial charge in [0, 0.05) is 31.8 Å². The highest BCUT2D eigenvalue weighted by molar-refractivity contribution is 7.99. The first-order valence-electron chi connectivity index (χ1n) is 8.71. The molecule has 2 aromatic rings. The first kappa shape index (κ1) is 16.6. The molecule has 132 valence electrons. The second-order valence-corrected chi connectivity index (χ2v) is 7.32. The van der Waals surface area contributed by atoms with Crippen LogP contribution in [0.2, 0.25) is 0 Å². The standard InChI is InChI=1S/C18H22N4O2S/c23-17-15(13-14-5-2-1-3-6-14)16(20-21-8-10-24-11-9-21)19-18-22(17)7-4-12-25-18/h1-3,5-6,20H,4,7-13H2. The van der Waals surface area contributed by atoms with Crippen molar-refractivity contribution >= 4 is 17.6 Å². The molecule has 1 fully saturated rings. The second kappa shape index (κ2) is 7.59. The summed E-state index contributed by atoms with van der Waals surface area (Å²) in [6.07, 6.45) is 1.60. The predicted molar refractivity (Wildman–Crippen MR) is 99.1 cm³/mol. The Balaban J connectivity index is 1.71. The van der Waals surface area contributed by atoms with Crippen LogP contribution in [0.1, 0.15) is 17.5 Å². The molecule has 3 heterocycles. The third-order valence-corrected chi connectivity index (χ3v) is 5.55. The van der Waals surface area contributed by atoms with E-state index in [1.54, 1.807) is 11.8 Å². The molecule has 2 aliphatic heterocycles. The summed E-state index contributed by atoms with van der Waals surface area (Å²) in [6, 6.07) is 10.1. The molecule has 7 heteroatoms. The van der Waals surface area contributed by atoms with E-state index in [0.717, 1.165) is 48.1 Å². The Morgan fingerprint density at radius 2 is 1.96 bits per heavy atom. The number of benzene rings is 1. The number of hydrazine groups is 1. The minimum Gasteiger partial charge on any atom is -0.379 e. The van der Waals surface area contributed by atoms with Gasteiger partial charge in [-0.05, 0) is 12.0 Å². The van der Waals surface area contributed by atoms with Crippen molar-refractivity contribution in [3.8, 4) is 0 Å². The normalized spacial score (nSPS) is 17.9. The first-order valence-corrected chi connectivity index (χ1v) is 9.69. The Bertz CT molecular complexity index is 788. The van der Waals surface area contributed by atoms with Crippen molar-refractivity contribution < 1.29 is 4.74 Å². The van der Waals surface area contributed by atoms with Gasteiger partial charge in [-0.3, -0.25) is 9.36 Å². The highest BCUT2D eigenvalue weighted by Crippen LogP contribution is 2.25. The van der Waals surface area contributed by atoms with Crippen molar-refractivity contribution in [3.63, 3.8) is 0 Å². The third kappa shape index (κ3) is 3.73. The molecule has 25 heavy (non-hydrogen) atoms. The van der Waals surface area contributed by atoms with Crippen LogP contribution in [0.3, 0.4) is 0 Å². The highest BCUT2D eigenvalue weighted by Gasteiger charge is 2.21. The number of hydrogen-bond donors (Lipinski definition) is 1. The molecule has 4 rings (SSSR count). The summed E-state index contributed by atoms with van der Waals surface area (Å²) in [6.45, 7) is 3.73. The van der Waals surface area contributed by atoms with E-state index in [1.807, 2.05) is 22.8 Å². The van der Waals surface area contributed by atoms with Crippen LogP contribution in [-0.4, -0.2) is 46.6 Å². The Morgan fingerprint density at radius 1 is 1.16 bits per heavy atom. The molecule has 0 amide bonds. The lowest BCUT2D eigenvalue weighted by Gasteiger charge is -2.29. The van der Waals surface area contributed by atoms with Crippen LogP contribution < -0.4 is 11.0 Å². The van der Waals surface area contributed by atoms with Crippen LogP contribution in [0.25, 0.3) is 0 Å². The van der Waals surface area contributed by atoms with Crippen molar-refractivity contribution in [3.05, 3.63) is 51.8 Å². The Hall–Kier alpha value is -1.83. The number of ether oxygens (including phenoxy) is 1. The Morgan fingerprint density at radius 3 is 2.76 bits per heavy atom. The number of nitrogens with one attached hydrogen (secondary N) is 1. The number of hydrogen-bond acceptors (Lipinski definition) is 6. The van der Waals surface area contributed by atoms with Gasteiger partial charge in [0.1, 0.15) is 0 Å². The van der Waals surface area contributed by atoms with Crippen molar-refractivity contribution in [1.82, 2.24) is 14.6 Å². The Labute approximate surface area is 151 Å². The molecule has 6 nitrogen and oxygen atoms in total. The number of aromatic nitrogens is 2. The monoisotopic (exact) mass is 358 g/mol. The summed E-state index contributed by atoms with van der Waals surface area (Å²) in [5, 5.41) is 2.91. The fraction of sp³-hybridized carbons (Fsp3) is 0.444. The van der Waals surface area contributed by atoms with E-state index in [1.165, 1.54) is 0 Å². The molecule has 1 aromatic carbocycles. The fourth-order valence-electron chi connectivity index (χ4n) is 3.14. The van der Waals surface area contributed by atoms with E-state index in [4.69, 9.17) is 9.72 Å². The van der Waals surface area contributed by atoms with Crippen LogP contribution in [0.15, 0.2) is 40.3 Å². The van der Waals surface area contributed by atoms with E-state index in [0.29, 0.717) is 25.5 Å². The Kier molecular flexibility index (Phi) is 5.05. The number of morpholine rings is 1. The van der Waals surface area contributed by atoms with Gasteiger partial charge in [0.2, 0.25) is 0 Å². The lowest BCUT2D eigenvalue weighted by molar-refractivity contribution is 0.0494. The molecular weight excluding hydrogens is 336 g/mol. The minimum atomic E-state index is 0.0804.